The fraction of sp³-hybridized carbons (Fsp3) is 0.364. The largest absolute Gasteiger partial charge is 0.355 e. The molecule has 0 radical (unpaired) electrons. The number of aromatic nitrogens is 1. The molecule has 0 bridgehead atoms. The van der Waals surface area contributed by atoms with Crippen molar-refractivity contribution in [3.63, 3.8) is 0 Å². The van der Waals surface area contributed by atoms with Crippen LogP contribution in [0.1, 0.15) is 29.8 Å². The molecule has 1 amide bonds. The Balaban J connectivity index is 0.00000137. The molecule has 7 heteroatoms. The van der Waals surface area contributed by atoms with E-state index in [0.717, 1.165) is 12.5 Å². The Kier molecular flexibility index (Phi) is 5.99. The topological polar surface area (TPSA) is 99.9 Å². The SMILES string of the molecule is CC.CNC(=O)c1cnc(S(C)(=O)=O)c(C#N)c1. The summed E-state index contributed by atoms with van der Waals surface area (Å²) in [7, 11) is -2.13. The Labute approximate surface area is 107 Å². The van der Waals surface area contributed by atoms with E-state index in [-0.39, 0.29) is 16.2 Å². The highest BCUT2D eigenvalue weighted by atomic mass is 32.2. The predicted molar refractivity (Wildman–Crippen MR) is 66.8 cm³/mol. The maximum absolute atomic E-state index is 11.2. The molecule has 0 saturated heterocycles. The second-order valence-electron chi connectivity index (χ2n) is 3.04. The summed E-state index contributed by atoms with van der Waals surface area (Å²) in [4.78, 5) is 14.9. The second kappa shape index (κ2) is 6.71. The summed E-state index contributed by atoms with van der Waals surface area (Å²) in [5.74, 6) is -0.427. The van der Waals surface area contributed by atoms with Gasteiger partial charge < -0.3 is 5.32 Å². The molecule has 98 valence electrons. The highest BCUT2D eigenvalue weighted by Crippen LogP contribution is 2.13. The van der Waals surface area contributed by atoms with Gasteiger partial charge in [-0.25, -0.2) is 13.4 Å². The van der Waals surface area contributed by atoms with Crippen LogP contribution >= 0.6 is 0 Å². The summed E-state index contributed by atoms with van der Waals surface area (Å²) in [5.41, 5.74) is 0.00931. The third kappa shape index (κ3) is 3.82. The molecule has 1 aromatic heterocycles. The third-order valence-corrected chi connectivity index (χ3v) is 2.84. The number of carbonyl (C=O) groups excluding carboxylic acids is 1. The molecule has 1 heterocycles. The molecule has 0 saturated carbocycles. The molecule has 1 aromatic rings. The van der Waals surface area contributed by atoms with E-state index >= 15 is 0 Å². The number of pyridine rings is 1. The average Bonchev–Trinajstić information content (AvgIpc) is 2.38. The maximum atomic E-state index is 11.2. The van der Waals surface area contributed by atoms with Crippen molar-refractivity contribution in [1.29, 1.82) is 5.26 Å². The van der Waals surface area contributed by atoms with E-state index in [1.807, 2.05) is 13.8 Å². The molecule has 0 unspecified atom stereocenters. The molecule has 0 fully saturated rings. The molecular weight excluding hydrogens is 254 g/mol. The minimum absolute atomic E-state index is 0.136. The van der Waals surface area contributed by atoms with Crippen LogP contribution < -0.4 is 5.32 Å². The number of nitrogens with zero attached hydrogens (tertiary/aromatic N) is 2. The van der Waals surface area contributed by atoms with Gasteiger partial charge in [0.05, 0.1) is 11.1 Å². The van der Waals surface area contributed by atoms with Crippen molar-refractivity contribution in [2.75, 3.05) is 13.3 Å². The number of nitriles is 1. The predicted octanol–water partition coefficient (Wildman–Crippen LogP) is 0.743. The first kappa shape index (κ1) is 16.1. The Hall–Kier alpha value is -1.94. The Morgan fingerprint density at radius 2 is 2.00 bits per heavy atom. The number of nitrogens with one attached hydrogen (secondary N) is 1. The first-order valence-electron chi connectivity index (χ1n) is 5.22. The van der Waals surface area contributed by atoms with Crippen molar-refractivity contribution in [3.05, 3.63) is 23.4 Å². The van der Waals surface area contributed by atoms with Gasteiger partial charge >= 0.3 is 0 Å². The van der Waals surface area contributed by atoms with Gasteiger partial charge in [-0.2, -0.15) is 5.26 Å². The minimum Gasteiger partial charge on any atom is -0.355 e. The number of carbonyl (C=O) groups is 1. The number of rotatable bonds is 2. The Bertz CT molecular complexity index is 574. The number of sulfone groups is 1. The van der Waals surface area contributed by atoms with Crippen molar-refractivity contribution in [2.24, 2.45) is 0 Å². The van der Waals surface area contributed by atoms with Crippen LogP contribution in [0.25, 0.3) is 0 Å². The van der Waals surface area contributed by atoms with Gasteiger partial charge in [0.15, 0.2) is 14.9 Å². The van der Waals surface area contributed by atoms with Gasteiger partial charge in [-0.3, -0.25) is 4.79 Å². The maximum Gasteiger partial charge on any atom is 0.252 e. The lowest BCUT2D eigenvalue weighted by atomic mass is 10.2. The van der Waals surface area contributed by atoms with Crippen molar-refractivity contribution in [1.82, 2.24) is 10.3 Å². The lowest BCUT2D eigenvalue weighted by Gasteiger charge is -2.03. The summed E-state index contributed by atoms with van der Waals surface area (Å²) in [6, 6.07) is 2.90. The van der Waals surface area contributed by atoms with Crippen LogP contribution in [0.15, 0.2) is 17.3 Å². The summed E-state index contributed by atoms with van der Waals surface area (Å²) in [5, 5.41) is 10.8. The number of hydrogen-bond acceptors (Lipinski definition) is 5. The highest BCUT2D eigenvalue weighted by Gasteiger charge is 2.17. The number of hydrogen-bond donors (Lipinski definition) is 1. The zero-order valence-electron chi connectivity index (χ0n) is 10.7. The standard InChI is InChI=1S/C9H9N3O3S.C2H6/c1-11-8(13)7-3-6(4-10)9(12-5-7)16(2,14)15;1-2/h3,5H,1-2H3,(H,11,13);1-2H3. The second-order valence-corrected chi connectivity index (χ2v) is 4.97. The molecule has 1 N–H and O–H groups in total. The van der Waals surface area contributed by atoms with Gasteiger partial charge in [-0.1, -0.05) is 13.8 Å². The molecule has 0 spiro atoms. The van der Waals surface area contributed by atoms with Gasteiger partial charge in [-0.05, 0) is 6.07 Å². The molecule has 0 aliphatic heterocycles. The summed E-state index contributed by atoms with van der Waals surface area (Å²) >= 11 is 0. The summed E-state index contributed by atoms with van der Waals surface area (Å²) in [6.07, 6.45) is 2.08. The fourth-order valence-electron chi connectivity index (χ4n) is 1.10. The van der Waals surface area contributed by atoms with Gasteiger partial charge in [0.1, 0.15) is 6.07 Å². The zero-order valence-corrected chi connectivity index (χ0v) is 11.5. The van der Waals surface area contributed by atoms with E-state index in [1.165, 1.54) is 13.1 Å². The smallest absolute Gasteiger partial charge is 0.252 e. The van der Waals surface area contributed by atoms with E-state index in [0.29, 0.717) is 0 Å². The van der Waals surface area contributed by atoms with Crippen LogP contribution in [0.2, 0.25) is 0 Å². The molecular formula is C11H15N3O3S. The van der Waals surface area contributed by atoms with E-state index in [2.05, 4.69) is 10.3 Å². The third-order valence-electron chi connectivity index (χ3n) is 1.81. The van der Waals surface area contributed by atoms with E-state index in [9.17, 15) is 13.2 Å². The van der Waals surface area contributed by atoms with Crippen LogP contribution in [0, 0.1) is 11.3 Å². The van der Waals surface area contributed by atoms with Crippen LogP contribution in [0.3, 0.4) is 0 Å². The quantitative estimate of drug-likeness (QED) is 0.853. The van der Waals surface area contributed by atoms with E-state index < -0.39 is 15.7 Å². The van der Waals surface area contributed by atoms with E-state index in [4.69, 9.17) is 5.26 Å². The van der Waals surface area contributed by atoms with E-state index in [1.54, 1.807) is 6.07 Å². The fourth-order valence-corrected chi connectivity index (χ4v) is 1.84. The van der Waals surface area contributed by atoms with Crippen LogP contribution in [-0.4, -0.2) is 32.6 Å². The van der Waals surface area contributed by atoms with Crippen molar-refractivity contribution in [2.45, 2.75) is 18.9 Å². The van der Waals surface area contributed by atoms with Gasteiger partial charge in [0, 0.05) is 19.5 Å². The normalized spacial score (nSPS) is 9.72. The summed E-state index contributed by atoms with van der Waals surface area (Å²) < 4.78 is 22.5. The highest BCUT2D eigenvalue weighted by molar-refractivity contribution is 7.90. The molecule has 0 atom stereocenters. The van der Waals surface area contributed by atoms with Gasteiger partial charge in [-0.15, -0.1) is 0 Å². The molecule has 0 aliphatic rings. The van der Waals surface area contributed by atoms with Crippen LogP contribution in [0.4, 0.5) is 0 Å². The molecule has 18 heavy (non-hydrogen) atoms. The first-order valence-corrected chi connectivity index (χ1v) is 7.11. The van der Waals surface area contributed by atoms with Crippen molar-refractivity contribution in [3.8, 4) is 6.07 Å². The van der Waals surface area contributed by atoms with Gasteiger partial charge in [0.25, 0.3) is 5.91 Å². The molecule has 0 aliphatic carbocycles. The molecule has 6 nitrogen and oxygen atoms in total. The van der Waals surface area contributed by atoms with Crippen LogP contribution in [0.5, 0.6) is 0 Å². The molecule has 1 rings (SSSR count). The Morgan fingerprint density at radius 1 is 1.44 bits per heavy atom. The lowest BCUT2D eigenvalue weighted by Crippen LogP contribution is -2.18. The Morgan fingerprint density at radius 3 is 2.39 bits per heavy atom. The lowest BCUT2D eigenvalue weighted by molar-refractivity contribution is 0.0962. The van der Waals surface area contributed by atoms with Crippen LogP contribution in [-0.2, 0) is 9.84 Å². The minimum atomic E-state index is -3.56. The summed E-state index contributed by atoms with van der Waals surface area (Å²) in [6.45, 7) is 4.00. The first-order chi connectivity index (χ1) is 8.40. The zero-order chi connectivity index (χ0) is 14.3. The monoisotopic (exact) mass is 269 g/mol. The molecule has 0 aromatic carbocycles. The number of amides is 1. The average molecular weight is 269 g/mol. The van der Waals surface area contributed by atoms with Crippen molar-refractivity contribution >= 4 is 15.7 Å². The van der Waals surface area contributed by atoms with Crippen molar-refractivity contribution < 1.29 is 13.2 Å². The van der Waals surface area contributed by atoms with Gasteiger partial charge in [0.2, 0.25) is 0 Å².